The standard InChI is InChI=1S/C31H24N4O4/c36-34(37)23-16-17-26(27(18-23)35(38)39)32-33-31-25-19-24(20-10-4-1-5-11-20)30(31)29(22-14-8-3-9-15-22)28(25)21-12-6-2-7-13-21/h1-18,24-25,30,32H,19H2. The van der Waals surface area contributed by atoms with E-state index >= 15 is 0 Å². The van der Waals surface area contributed by atoms with E-state index in [0.717, 1.165) is 29.3 Å². The van der Waals surface area contributed by atoms with Gasteiger partial charge in [-0.15, -0.1) is 0 Å². The van der Waals surface area contributed by atoms with Gasteiger partial charge in [0.05, 0.1) is 21.6 Å². The van der Waals surface area contributed by atoms with Crippen molar-refractivity contribution in [1.82, 2.24) is 0 Å². The number of fused-ring (bicyclic) bond motifs is 2. The van der Waals surface area contributed by atoms with Crippen molar-refractivity contribution >= 4 is 33.9 Å². The number of non-ortho nitro benzene ring substituents is 1. The third kappa shape index (κ3) is 4.35. The number of hydrogen-bond donors (Lipinski definition) is 1. The number of hydrazone groups is 1. The van der Waals surface area contributed by atoms with Crippen LogP contribution in [-0.2, 0) is 0 Å². The number of anilines is 1. The first kappa shape index (κ1) is 24.2. The zero-order valence-corrected chi connectivity index (χ0v) is 20.8. The molecule has 0 amide bonds. The largest absolute Gasteiger partial charge is 0.301 e. The minimum absolute atomic E-state index is 0.00224. The highest BCUT2D eigenvalue weighted by atomic mass is 16.6. The molecule has 0 aromatic heterocycles. The van der Waals surface area contributed by atoms with Crippen molar-refractivity contribution in [3.8, 4) is 0 Å². The Hall–Kier alpha value is -5.11. The molecular formula is C31H24N4O4. The molecule has 0 spiro atoms. The Morgan fingerprint density at radius 3 is 1.90 bits per heavy atom. The third-order valence-corrected chi connectivity index (χ3v) is 7.61. The molecule has 1 fully saturated rings. The summed E-state index contributed by atoms with van der Waals surface area (Å²) in [6, 6.07) is 34.5. The molecule has 4 aromatic carbocycles. The highest BCUT2D eigenvalue weighted by Crippen LogP contribution is 2.60. The number of hydrogen-bond acceptors (Lipinski definition) is 6. The molecule has 6 rings (SSSR count). The summed E-state index contributed by atoms with van der Waals surface area (Å²) in [5.41, 5.74) is 9.12. The minimum atomic E-state index is -0.646. The lowest BCUT2D eigenvalue weighted by molar-refractivity contribution is -0.393. The molecule has 0 aliphatic heterocycles. The summed E-state index contributed by atoms with van der Waals surface area (Å²) >= 11 is 0. The average Bonchev–Trinajstić information content (AvgIpc) is 3.49. The first-order valence-electron chi connectivity index (χ1n) is 12.7. The Morgan fingerprint density at radius 1 is 0.718 bits per heavy atom. The van der Waals surface area contributed by atoms with Crippen LogP contribution in [0.1, 0.15) is 29.0 Å². The quantitative estimate of drug-likeness (QED) is 0.204. The van der Waals surface area contributed by atoms with Crippen LogP contribution in [0, 0.1) is 32.1 Å². The van der Waals surface area contributed by atoms with Gasteiger partial charge in [-0.25, -0.2) is 0 Å². The van der Waals surface area contributed by atoms with Crippen LogP contribution in [0.4, 0.5) is 17.1 Å². The van der Waals surface area contributed by atoms with E-state index in [4.69, 9.17) is 5.10 Å². The van der Waals surface area contributed by atoms with Crippen LogP contribution in [0.15, 0.2) is 114 Å². The molecule has 0 radical (unpaired) electrons. The molecule has 1 N–H and O–H groups in total. The van der Waals surface area contributed by atoms with E-state index in [0.29, 0.717) is 0 Å². The smallest absolute Gasteiger partial charge is 0.272 e. The maximum atomic E-state index is 11.7. The van der Waals surface area contributed by atoms with Gasteiger partial charge in [0.2, 0.25) is 0 Å². The number of nitro groups is 2. The summed E-state index contributed by atoms with van der Waals surface area (Å²) in [4.78, 5) is 21.6. The molecular weight excluding hydrogens is 492 g/mol. The van der Waals surface area contributed by atoms with Crippen LogP contribution in [0.5, 0.6) is 0 Å². The number of allylic oxidation sites excluding steroid dienone is 2. The Morgan fingerprint density at radius 2 is 1.31 bits per heavy atom. The van der Waals surface area contributed by atoms with Gasteiger partial charge in [0.25, 0.3) is 5.69 Å². The van der Waals surface area contributed by atoms with Crippen LogP contribution in [-0.4, -0.2) is 15.6 Å². The summed E-state index contributed by atoms with van der Waals surface area (Å²) in [6.45, 7) is 0. The zero-order chi connectivity index (χ0) is 26.9. The number of benzene rings is 4. The maximum absolute atomic E-state index is 11.7. The summed E-state index contributed by atoms with van der Waals surface area (Å²) in [7, 11) is 0. The van der Waals surface area contributed by atoms with E-state index in [-0.39, 0.29) is 29.1 Å². The molecule has 2 bridgehead atoms. The Balaban J connectivity index is 1.49. The first-order chi connectivity index (χ1) is 19.0. The van der Waals surface area contributed by atoms with Gasteiger partial charge in [-0.05, 0) is 46.2 Å². The van der Waals surface area contributed by atoms with Gasteiger partial charge >= 0.3 is 5.69 Å². The van der Waals surface area contributed by atoms with Gasteiger partial charge in [-0.3, -0.25) is 25.7 Å². The van der Waals surface area contributed by atoms with Crippen molar-refractivity contribution < 1.29 is 9.85 Å². The molecule has 2 aliphatic rings. The monoisotopic (exact) mass is 516 g/mol. The van der Waals surface area contributed by atoms with Gasteiger partial charge in [-0.1, -0.05) is 91.0 Å². The molecule has 0 heterocycles. The predicted molar refractivity (Wildman–Crippen MR) is 151 cm³/mol. The van der Waals surface area contributed by atoms with Crippen molar-refractivity contribution in [1.29, 1.82) is 0 Å². The molecule has 8 nitrogen and oxygen atoms in total. The second-order valence-electron chi connectivity index (χ2n) is 9.71. The average molecular weight is 517 g/mol. The lowest BCUT2D eigenvalue weighted by atomic mass is 9.76. The minimum Gasteiger partial charge on any atom is -0.272 e. The van der Waals surface area contributed by atoms with E-state index < -0.39 is 15.5 Å². The second-order valence-corrected chi connectivity index (χ2v) is 9.71. The first-order valence-corrected chi connectivity index (χ1v) is 12.7. The second kappa shape index (κ2) is 9.98. The van der Waals surface area contributed by atoms with Crippen LogP contribution >= 0.6 is 0 Å². The van der Waals surface area contributed by atoms with E-state index in [1.807, 2.05) is 54.6 Å². The molecule has 2 aliphatic carbocycles. The fraction of sp³-hybridized carbons (Fsp3) is 0.129. The molecule has 0 saturated heterocycles. The molecule has 8 heteroatoms. The number of nitrogens with one attached hydrogen (secondary N) is 1. The molecule has 192 valence electrons. The van der Waals surface area contributed by atoms with E-state index in [1.54, 1.807) is 0 Å². The lowest BCUT2D eigenvalue weighted by Crippen LogP contribution is -2.15. The predicted octanol–water partition coefficient (Wildman–Crippen LogP) is 7.32. The Bertz CT molecular complexity index is 1620. The van der Waals surface area contributed by atoms with Crippen LogP contribution in [0.3, 0.4) is 0 Å². The topological polar surface area (TPSA) is 111 Å². The molecule has 3 unspecified atom stereocenters. The van der Waals surface area contributed by atoms with Crippen molar-refractivity contribution in [2.24, 2.45) is 16.9 Å². The summed E-state index contributed by atoms with van der Waals surface area (Å²) in [5, 5.41) is 27.7. The lowest BCUT2D eigenvalue weighted by Gasteiger charge is -2.27. The number of rotatable bonds is 7. The summed E-state index contributed by atoms with van der Waals surface area (Å²) in [5.74, 6) is 0.147. The fourth-order valence-electron chi connectivity index (χ4n) is 6.01. The molecule has 4 aromatic rings. The van der Waals surface area contributed by atoms with Crippen LogP contribution in [0.25, 0.3) is 11.1 Å². The van der Waals surface area contributed by atoms with E-state index in [9.17, 15) is 20.2 Å². The van der Waals surface area contributed by atoms with Crippen molar-refractivity contribution in [2.45, 2.75) is 12.3 Å². The summed E-state index contributed by atoms with van der Waals surface area (Å²) in [6.07, 6.45) is 0.859. The fourth-order valence-corrected chi connectivity index (χ4v) is 6.01. The molecule has 3 atom stereocenters. The highest BCUT2D eigenvalue weighted by Gasteiger charge is 2.51. The summed E-state index contributed by atoms with van der Waals surface area (Å²) < 4.78 is 0. The van der Waals surface area contributed by atoms with Crippen LogP contribution in [0.2, 0.25) is 0 Å². The highest BCUT2D eigenvalue weighted by molar-refractivity contribution is 6.20. The van der Waals surface area contributed by atoms with Crippen molar-refractivity contribution in [3.63, 3.8) is 0 Å². The number of nitro benzene ring substituents is 2. The Labute approximate surface area is 224 Å². The maximum Gasteiger partial charge on any atom is 0.301 e. The third-order valence-electron chi connectivity index (χ3n) is 7.61. The van der Waals surface area contributed by atoms with E-state index in [1.165, 1.54) is 28.8 Å². The normalized spacial score (nSPS) is 20.8. The van der Waals surface area contributed by atoms with Gasteiger partial charge in [0.1, 0.15) is 5.69 Å². The van der Waals surface area contributed by atoms with Crippen LogP contribution < -0.4 is 5.43 Å². The van der Waals surface area contributed by atoms with Gasteiger partial charge in [0.15, 0.2) is 0 Å². The Kier molecular flexibility index (Phi) is 6.20. The van der Waals surface area contributed by atoms with Crippen molar-refractivity contribution in [3.05, 3.63) is 146 Å². The SMILES string of the molecule is O=[N+]([O-])c1ccc(NN=C2C3CC(c4ccccc4)C2C(c2ccccc2)=C3c2ccccc2)c([N+](=O)[O-])c1. The van der Waals surface area contributed by atoms with Gasteiger partial charge in [-0.2, -0.15) is 5.10 Å². The zero-order valence-electron chi connectivity index (χ0n) is 20.8. The molecule has 1 saturated carbocycles. The van der Waals surface area contributed by atoms with Crippen molar-refractivity contribution in [2.75, 3.05) is 5.43 Å². The van der Waals surface area contributed by atoms with Gasteiger partial charge < -0.3 is 0 Å². The van der Waals surface area contributed by atoms with Gasteiger partial charge in [0, 0.05) is 17.9 Å². The van der Waals surface area contributed by atoms with E-state index in [2.05, 4.69) is 41.8 Å². The molecule has 39 heavy (non-hydrogen) atoms. The number of nitrogens with zero attached hydrogens (tertiary/aromatic N) is 3.